The van der Waals surface area contributed by atoms with Crippen molar-refractivity contribution in [1.29, 1.82) is 0 Å². The maximum Gasteiger partial charge on any atom is 0.345 e. The number of benzene rings is 1. The van der Waals surface area contributed by atoms with E-state index in [1.54, 1.807) is 18.2 Å². The van der Waals surface area contributed by atoms with E-state index in [0.29, 0.717) is 23.7 Å². The molecule has 1 aromatic rings. The molecule has 0 heterocycles. The molecule has 0 amide bonds. The average Bonchev–Trinajstić information content (AvgIpc) is 2.37. The van der Waals surface area contributed by atoms with Crippen molar-refractivity contribution in [1.82, 2.24) is 0 Å². The maximum absolute atomic E-state index is 11.9. The van der Waals surface area contributed by atoms with Gasteiger partial charge in [0.15, 0.2) is 0 Å². The van der Waals surface area contributed by atoms with Crippen molar-refractivity contribution in [2.75, 3.05) is 20.8 Å². The summed E-state index contributed by atoms with van der Waals surface area (Å²) >= 11 is 0. The van der Waals surface area contributed by atoms with E-state index in [9.17, 15) is 4.79 Å². The zero-order valence-corrected chi connectivity index (χ0v) is 10.5. The van der Waals surface area contributed by atoms with Gasteiger partial charge in [0.2, 0.25) is 0 Å². The minimum atomic E-state index is -0.409. The van der Waals surface area contributed by atoms with Gasteiger partial charge in [0.1, 0.15) is 17.1 Å². The molecule has 0 bridgehead atoms. The molecule has 0 saturated carbocycles. The molecule has 0 atom stereocenters. The van der Waals surface area contributed by atoms with E-state index in [1.165, 1.54) is 14.2 Å². The van der Waals surface area contributed by atoms with E-state index in [2.05, 4.69) is 0 Å². The zero-order valence-electron chi connectivity index (χ0n) is 10.5. The summed E-state index contributed by atoms with van der Waals surface area (Å²) in [5.74, 6) is 0.518. The lowest BCUT2D eigenvalue weighted by Crippen LogP contribution is -2.09. The topological polar surface area (TPSA) is 44.8 Å². The van der Waals surface area contributed by atoms with Crippen molar-refractivity contribution in [3.8, 4) is 11.5 Å². The molecule has 94 valence electrons. The normalized spacial score (nSPS) is 9.82. The fourth-order valence-corrected chi connectivity index (χ4v) is 1.43. The number of unbranched alkanes of at least 4 members (excludes halogenated alkanes) is 1. The van der Waals surface area contributed by atoms with Crippen LogP contribution in [0.1, 0.15) is 30.1 Å². The van der Waals surface area contributed by atoms with Gasteiger partial charge < -0.3 is 14.2 Å². The summed E-state index contributed by atoms with van der Waals surface area (Å²) in [5.41, 5.74) is 0.341. The van der Waals surface area contributed by atoms with Gasteiger partial charge in [-0.1, -0.05) is 19.4 Å². The van der Waals surface area contributed by atoms with Crippen LogP contribution in [0, 0.1) is 0 Å². The third kappa shape index (κ3) is 3.37. The van der Waals surface area contributed by atoms with Crippen LogP contribution in [-0.4, -0.2) is 26.8 Å². The Morgan fingerprint density at radius 3 is 2.24 bits per heavy atom. The number of esters is 1. The summed E-state index contributed by atoms with van der Waals surface area (Å²) in [6, 6.07) is 5.18. The van der Waals surface area contributed by atoms with Gasteiger partial charge in [0.05, 0.1) is 20.8 Å². The predicted octanol–water partition coefficient (Wildman–Crippen LogP) is 2.66. The van der Waals surface area contributed by atoms with Crippen molar-refractivity contribution < 1.29 is 19.0 Å². The second kappa shape index (κ2) is 6.78. The number of hydrogen-bond donors (Lipinski definition) is 0. The minimum Gasteiger partial charge on any atom is -0.496 e. The molecule has 0 aliphatic carbocycles. The van der Waals surface area contributed by atoms with Gasteiger partial charge in [0, 0.05) is 0 Å². The van der Waals surface area contributed by atoms with E-state index in [-0.39, 0.29) is 0 Å². The van der Waals surface area contributed by atoms with Crippen molar-refractivity contribution in [2.45, 2.75) is 19.8 Å². The molecule has 17 heavy (non-hydrogen) atoms. The van der Waals surface area contributed by atoms with Gasteiger partial charge in [0.25, 0.3) is 0 Å². The van der Waals surface area contributed by atoms with Crippen LogP contribution in [0.15, 0.2) is 18.2 Å². The smallest absolute Gasteiger partial charge is 0.345 e. The molecule has 0 aliphatic heterocycles. The predicted molar refractivity (Wildman–Crippen MR) is 64.7 cm³/mol. The highest BCUT2D eigenvalue weighted by molar-refractivity contribution is 5.95. The Labute approximate surface area is 101 Å². The highest BCUT2D eigenvalue weighted by atomic mass is 16.5. The van der Waals surface area contributed by atoms with Crippen molar-refractivity contribution in [3.63, 3.8) is 0 Å². The first-order chi connectivity index (χ1) is 8.24. The van der Waals surface area contributed by atoms with Gasteiger partial charge in [-0.15, -0.1) is 0 Å². The van der Waals surface area contributed by atoms with Crippen LogP contribution >= 0.6 is 0 Å². The summed E-state index contributed by atoms with van der Waals surface area (Å²) in [6.07, 6.45) is 1.83. The van der Waals surface area contributed by atoms with Crippen LogP contribution in [0.2, 0.25) is 0 Å². The van der Waals surface area contributed by atoms with Gasteiger partial charge >= 0.3 is 5.97 Å². The molecule has 1 aromatic carbocycles. The van der Waals surface area contributed by atoms with Crippen molar-refractivity contribution in [2.24, 2.45) is 0 Å². The third-order valence-corrected chi connectivity index (χ3v) is 2.36. The highest BCUT2D eigenvalue weighted by Crippen LogP contribution is 2.28. The zero-order chi connectivity index (χ0) is 12.7. The number of hydrogen-bond acceptors (Lipinski definition) is 4. The number of rotatable bonds is 6. The number of carbonyl (C=O) groups is 1. The van der Waals surface area contributed by atoms with E-state index in [1.807, 2.05) is 6.92 Å². The van der Waals surface area contributed by atoms with Gasteiger partial charge in [-0.25, -0.2) is 4.79 Å². The Morgan fingerprint density at radius 1 is 1.18 bits per heavy atom. The van der Waals surface area contributed by atoms with Crippen molar-refractivity contribution in [3.05, 3.63) is 23.8 Å². The molecule has 0 aliphatic rings. The van der Waals surface area contributed by atoms with Crippen LogP contribution in [0.3, 0.4) is 0 Å². The van der Waals surface area contributed by atoms with Crippen LogP contribution < -0.4 is 9.47 Å². The number of ether oxygens (including phenoxy) is 3. The first-order valence-electron chi connectivity index (χ1n) is 5.62. The van der Waals surface area contributed by atoms with Crippen molar-refractivity contribution >= 4 is 5.97 Å². The monoisotopic (exact) mass is 238 g/mol. The maximum atomic E-state index is 11.9. The Kier molecular flexibility index (Phi) is 5.33. The van der Waals surface area contributed by atoms with Crippen LogP contribution in [0.25, 0.3) is 0 Å². The Hall–Kier alpha value is -1.71. The minimum absolute atomic E-state index is 0.341. The summed E-state index contributed by atoms with van der Waals surface area (Å²) in [6.45, 7) is 2.45. The van der Waals surface area contributed by atoms with E-state index in [4.69, 9.17) is 14.2 Å². The number of carbonyl (C=O) groups excluding carboxylic acids is 1. The lowest BCUT2D eigenvalue weighted by molar-refractivity contribution is 0.0492. The average molecular weight is 238 g/mol. The van der Waals surface area contributed by atoms with E-state index in [0.717, 1.165) is 12.8 Å². The Balaban J connectivity index is 2.89. The molecule has 4 heteroatoms. The van der Waals surface area contributed by atoms with Gasteiger partial charge in [-0.3, -0.25) is 0 Å². The molecule has 0 saturated heterocycles. The second-order valence-corrected chi connectivity index (χ2v) is 3.53. The molecule has 4 nitrogen and oxygen atoms in total. The molecule has 0 fully saturated rings. The lowest BCUT2D eigenvalue weighted by atomic mass is 10.2. The summed E-state index contributed by atoms with van der Waals surface area (Å²) in [4.78, 5) is 11.9. The number of methoxy groups -OCH3 is 2. The second-order valence-electron chi connectivity index (χ2n) is 3.53. The lowest BCUT2D eigenvalue weighted by Gasteiger charge is -2.12. The summed E-state index contributed by atoms with van der Waals surface area (Å²) in [7, 11) is 3.02. The van der Waals surface area contributed by atoms with Gasteiger partial charge in [-0.2, -0.15) is 0 Å². The SMILES string of the molecule is CCCCOC(=O)c1c(OC)cccc1OC. The summed E-state index contributed by atoms with van der Waals surface area (Å²) < 4.78 is 15.4. The molecular formula is C13H18O4. The van der Waals surface area contributed by atoms with Crippen LogP contribution in [-0.2, 0) is 4.74 Å². The van der Waals surface area contributed by atoms with E-state index >= 15 is 0 Å². The molecule has 1 rings (SSSR count). The molecule has 0 unspecified atom stereocenters. The Bertz CT molecular complexity index is 351. The van der Waals surface area contributed by atoms with Gasteiger partial charge in [-0.05, 0) is 18.6 Å². The highest BCUT2D eigenvalue weighted by Gasteiger charge is 2.19. The summed E-state index contributed by atoms with van der Waals surface area (Å²) in [5, 5.41) is 0. The molecular weight excluding hydrogens is 220 g/mol. The van der Waals surface area contributed by atoms with Crippen LogP contribution in [0.5, 0.6) is 11.5 Å². The molecule has 0 N–H and O–H groups in total. The third-order valence-electron chi connectivity index (χ3n) is 2.36. The quantitative estimate of drug-likeness (QED) is 0.564. The van der Waals surface area contributed by atoms with Crippen LogP contribution in [0.4, 0.5) is 0 Å². The first kappa shape index (κ1) is 13.4. The van der Waals surface area contributed by atoms with E-state index < -0.39 is 5.97 Å². The standard InChI is InChI=1S/C13H18O4/c1-4-5-9-17-13(14)12-10(15-2)7-6-8-11(12)16-3/h6-8H,4-5,9H2,1-3H3. The molecule has 0 radical (unpaired) electrons. The fourth-order valence-electron chi connectivity index (χ4n) is 1.43. The molecule has 0 spiro atoms. The first-order valence-corrected chi connectivity index (χ1v) is 5.62. The fraction of sp³-hybridized carbons (Fsp3) is 0.462. The Morgan fingerprint density at radius 2 is 1.76 bits per heavy atom. The largest absolute Gasteiger partial charge is 0.496 e. The molecule has 0 aromatic heterocycles.